The van der Waals surface area contributed by atoms with Crippen molar-refractivity contribution in [1.29, 1.82) is 0 Å². The molecule has 5 aromatic rings. The molecule has 1 N–H and O–H groups in total. The molecule has 0 atom stereocenters. The van der Waals surface area contributed by atoms with Crippen molar-refractivity contribution in [1.82, 2.24) is 5.09 Å². The van der Waals surface area contributed by atoms with E-state index in [-0.39, 0.29) is 33.3 Å². The van der Waals surface area contributed by atoms with E-state index in [9.17, 15) is 26.3 Å². The Morgan fingerprint density at radius 2 is 0.743 bits per heavy atom. The van der Waals surface area contributed by atoms with Gasteiger partial charge in [-0.2, -0.15) is 31.4 Å². The highest BCUT2D eigenvalue weighted by Crippen LogP contribution is 2.79. The van der Waals surface area contributed by atoms with Crippen LogP contribution in [-0.4, -0.2) is 27.2 Å². The maximum atomic E-state index is 14.9. The number of rotatable bonds is 30. The van der Waals surface area contributed by atoms with Gasteiger partial charge < -0.3 is 0 Å². The molecule has 0 aliphatic heterocycles. The number of hydrogen-bond acceptors (Lipinski definition) is 3. The van der Waals surface area contributed by atoms with Crippen LogP contribution in [0.4, 0.5) is 26.3 Å². The second-order valence-corrected chi connectivity index (χ2v) is 37.8. The van der Waals surface area contributed by atoms with Gasteiger partial charge in [-0.1, -0.05) is 244 Å². The minimum Gasteiger partial charge on any atom is -0.176 e. The lowest BCUT2D eigenvalue weighted by atomic mass is 10.2. The van der Waals surface area contributed by atoms with E-state index in [1.54, 1.807) is 36.4 Å². The summed E-state index contributed by atoms with van der Waals surface area (Å²) in [7, 11) is -9.36. The van der Waals surface area contributed by atoms with Crippen LogP contribution < -0.4 is 36.7 Å². The van der Waals surface area contributed by atoms with Gasteiger partial charge in [0.15, 0.2) is 7.10 Å². The molecule has 1 nitrogen and oxygen atoms in total. The average molecular weight is 1070 g/mol. The summed E-state index contributed by atoms with van der Waals surface area (Å²) < 4.78 is 89.2. The van der Waals surface area contributed by atoms with Gasteiger partial charge >= 0.3 is 11.0 Å². The quantitative estimate of drug-likeness (QED) is 0.0213. The molecule has 0 bridgehead atoms. The van der Waals surface area contributed by atoms with Crippen molar-refractivity contribution in [3.63, 3.8) is 0 Å². The van der Waals surface area contributed by atoms with Crippen molar-refractivity contribution in [2.24, 2.45) is 0 Å². The summed E-state index contributed by atoms with van der Waals surface area (Å²) in [4.78, 5) is 0.0320. The summed E-state index contributed by atoms with van der Waals surface area (Å²) in [5.74, 6) is 0. The van der Waals surface area contributed by atoms with Gasteiger partial charge in [-0.3, -0.25) is 0 Å². The molecule has 13 heteroatoms. The number of halogens is 6. The monoisotopic (exact) mass is 1070 g/mol. The smallest absolute Gasteiger partial charge is 0.176 e. The number of unbranched alkanes of at least 4 members (excludes halogenated alkanes) is 6. The van der Waals surface area contributed by atoms with Crippen LogP contribution in [-0.2, 0) is 6.54 Å². The fraction of sp³-hybridized carbons (Fsp3) is 0.474. The summed E-state index contributed by atoms with van der Waals surface area (Å²) >= 11 is -0.329. The Hall–Kier alpha value is -2.37. The van der Waals surface area contributed by atoms with E-state index >= 15 is 0 Å². The molecule has 0 amide bonds. The van der Waals surface area contributed by atoms with Gasteiger partial charge in [-0.05, 0) is 77.6 Å². The molecular formula is C57H78F6NP2S2Si2+. The lowest BCUT2D eigenvalue weighted by Gasteiger charge is -2.38. The minimum absolute atomic E-state index is 0.0160. The molecule has 70 heavy (non-hydrogen) atoms. The van der Waals surface area contributed by atoms with Gasteiger partial charge in [0.2, 0.25) is 0 Å². The summed E-state index contributed by atoms with van der Waals surface area (Å²) in [6, 6.07) is 48.8. The first-order valence-corrected chi connectivity index (χ1v) is 36.8. The molecule has 382 valence electrons. The predicted octanol–water partition coefficient (Wildman–Crippen LogP) is 17.7. The van der Waals surface area contributed by atoms with Crippen molar-refractivity contribution < 1.29 is 26.3 Å². The van der Waals surface area contributed by atoms with Crippen LogP contribution in [0, 0.1) is 0 Å². The Labute approximate surface area is 430 Å². The molecule has 0 saturated carbocycles. The second-order valence-electron chi connectivity index (χ2n) is 19.1. The standard InChI is InChI=1S/C57H78F6NP2S2Si2/c1-7-13-40-69(41-14-8-2,42-15-9-3)50-36-32-48(33-37-50)66(64-46-47-26-20-19-21-27-47,49-34-38-51(39-35-49)70(43-16-10-4,44-17-11-5)45-18-12-6)65(52-28-22-24-30-54(52)67-56(58,59)60)53-29-23-25-31-55(53)68-57(61,62)63/h19-39,64H,7-18,40-46H2,1-6H3/q+1. The third-order valence-electron chi connectivity index (χ3n) is 14.1. The maximum absolute atomic E-state index is 14.9. The molecule has 0 aliphatic rings. The van der Waals surface area contributed by atoms with Crippen molar-refractivity contribution in [3.05, 3.63) is 133 Å². The summed E-state index contributed by atoms with van der Waals surface area (Å²) in [5, 5.41) is 9.72. The zero-order valence-electron chi connectivity index (χ0n) is 42.5. The first kappa shape index (κ1) is 58.5. The Morgan fingerprint density at radius 1 is 0.429 bits per heavy atom. The van der Waals surface area contributed by atoms with Crippen molar-refractivity contribution >= 4 is 86.0 Å². The van der Waals surface area contributed by atoms with Crippen molar-refractivity contribution in [2.45, 2.75) is 182 Å². The van der Waals surface area contributed by atoms with E-state index in [1.807, 2.05) is 30.3 Å². The summed E-state index contributed by atoms with van der Waals surface area (Å²) in [6.07, 6.45) is 13.7. The van der Waals surface area contributed by atoms with Crippen LogP contribution in [0.5, 0.6) is 0 Å². The Morgan fingerprint density at radius 3 is 1.06 bits per heavy atom. The van der Waals surface area contributed by atoms with Crippen LogP contribution in [0.15, 0.2) is 137 Å². The Balaban J connectivity index is 1.98. The van der Waals surface area contributed by atoms with Gasteiger partial charge in [-0.15, -0.1) is 0 Å². The van der Waals surface area contributed by atoms with E-state index in [0.29, 0.717) is 17.2 Å². The fourth-order valence-electron chi connectivity index (χ4n) is 10.3. The Kier molecular flexibility index (Phi) is 23.7. The fourth-order valence-corrected chi connectivity index (χ4v) is 34.4. The number of alkyl halides is 6. The third kappa shape index (κ3) is 15.8. The normalized spacial score (nSPS) is 12.8. The van der Waals surface area contributed by atoms with Crippen molar-refractivity contribution in [2.75, 3.05) is 0 Å². The number of nitrogens with one attached hydrogen (secondary N) is 1. The molecule has 0 spiro atoms. The molecule has 0 aliphatic carbocycles. The highest BCUT2D eigenvalue weighted by molar-refractivity contribution is 8.49. The van der Waals surface area contributed by atoms with Crippen LogP contribution >= 0.6 is 38.2 Å². The highest BCUT2D eigenvalue weighted by Gasteiger charge is 2.56. The second kappa shape index (κ2) is 28.3. The largest absolute Gasteiger partial charge is 0.446 e. The first-order chi connectivity index (χ1) is 33.6. The van der Waals surface area contributed by atoms with Gasteiger partial charge in [-0.25, -0.2) is 0 Å². The lowest BCUT2D eigenvalue weighted by molar-refractivity contribution is -0.0336. The van der Waals surface area contributed by atoms with E-state index in [2.05, 4.69) is 95.2 Å². The van der Waals surface area contributed by atoms with Gasteiger partial charge in [0.1, 0.15) is 18.2 Å². The zero-order chi connectivity index (χ0) is 50.7. The van der Waals surface area contributed by atoms with Crippen molar-refractivity contribution in [3.8, 4) is 0 Å². The summed E-state index contributed by atoms with van der Waals surface area (Å²) in [6.45, 7) is 14.0. The van der Waals surface area contributed by atoms with Gasteiger partial charge in [0.05, 0.1) is 22.7 Å². The lowest BCUT2D eigenvalue weighted by Crippen LogP contribution is -2.48. The van der Waals surface area contributed by atoms with Gasteiger partial charge in [0.25, 0.3) is 0 Å². The van der Waals surface area contributed by atoms with E-state index < -0.39 is 41.9 Å². The molecule has 0 unspecified atom stereocenters. The molecule has 0 radical (unpaired) electrons. The van der Waals surface area contributed by atoms with Crippen LogP contribution in [0.1, 0.15) is 124 Å². The molecule has 0 aromatic heterocycles. The van der Waals surface area contributed by atoms with Crippen LogP contribution in [0.25, 0.3) is 0 Å². The van der Waals surface area contributed by atoms with E-state index in [4.69, 9.17) is 0 Å². The van der Waals surface area contributed by atoms with E-state index in [0.717, 1.165) is 93.2 Å². The maximum Gasteiger partial charge on any atom is 0.446 e. The third-order valence-corrected chi connectivity index (χ3v) is 36.9. The molecule has 0 saturated heterocycles. The molecule has 5 aromatic carbocycles. The SMILES string of the molecule is CCCC[Si](CCCC)(CCCC)c1ccc([P+](NCc2ccccc2)(c2ccc([Si](CCCC)(CCCC)CCCC)cc2)P(c2ccccc2SC(F)(F)F)c2ccccc2SC(F)(F)F)cc1. The molecule has 0 heterocycles. The first-order valence-electron chi connectivity index (χ1n) is 26.0. The van der Waals surface area contributed by atoms with Crippen LogP contribution in [0.2, 0.25) is 36.3 Å². The van der Waals surface area contributed by atoms with Gasteiger partial charge in [0, 0.05) is 20.4 Å². The molecule has 5 rings (SSSR count). The molecular weight excluding hydrogens is 995 g/mol. The number of benzene rings is 5. The predicted molar refractivity (Wildman–Crippen MR) is 304 cm³/mol. The topological polar surface area (TPSA) is 12.0 Å². The highest BCUT2D eigenvalue weighted by atomic mass is 32.2. The van der Waals surface area contributed by atoms with E-state index in [1.165, 1.54) is 58.8 Å². The Bertz CT molecular complexity index is 2100. The molecule has 0 fully saturated rings. The summed E-state index contributed by atoms with van der Waals surface area (Å²) in [5.41, 5.74) is -8.28. The average Bonchev–Trinajstić information content (AvgIpc) is 3.35. The minimum atomic E-state index is -4.63. The zero-order valence-corrected chi connectivity index (χ0v) is 48.0. The van der Waals surface area contributed by atoms with Crippen LogP contribution in [0.3, 0.4) is 0 Å². The number of thioether (sulfide) groups is 2. The number of hydrogen-bond donors (Lipinski definition) is 1.